The van der Waals surface area contributed by atoms with E-state index >= 15 is 0 Å². The Bertz CT molecular complexity index is 802. The minimum Gasteiger partial charge on any atom is -0.493 e. The molecule has 3 rings (SSSR count). The summed E-state index contributed by atoms with van der Waals surface area (Å²) in [6.07, 6.45) is 1.21. The van der Waals surface area contributed by atoms with Crippen molar-refractivity contribution in [1.29, 1.82) is 0 Å². The van der Waals surface area contributed by atoms with Crippen molar-refractivity contribution in [2.24, 2.45) is 0 Å². The monoisotopic (exact) mass is 370 g/mol. The number of methoxy groups -OCH3 is 1. The smallest absolute Gasteiger partial charge is 0.262 e. The Kier molecular flexibility index (Phi) is 6.27. The van der Waals surface area contributed by atoms with Gasteiger partial charge in [-0.1, -0.05) is 18.2 Å². The van der Waals surface area contributed by atoms with E-state index in [4.69, 9.17) is 14.2 Å². The third-order valence-corrected chi connectivity index (χ3v) is 4.06. The number of carbonyl (C=O) groups is 2. The molecule has 27 heavy (non-hydrogen) atoms. The average Bonchev–Trinajstić information content (AvgIpc) is 3.22. The quantitative estimate of drug-likeness (QED) is 0.783. The highest BCUT2D eigenvalue weighted by Gasteiger charge is 2.23. The van der Waals surface area contributed by atoms with Gasteiger partial charge in [-0.2, -0.15) is 0 Å². The minimum atomic E-state index is -0.405. The van der Waals surface area contributed by atoms with E-state index < -0.39 is 6.10 Å². The van der Waals surface area contributed by atoms with Gasteiger partial charge in [0.1, 0.15) is 6.10 Å². The molecule has 0 spiro atoms. The molecule has 142 valence electrons. The van der Waals surface area contributed by atoms with E-state index in [2.05, 4.69) is 10.6 Å². The summed E-state index contributed by atoms with van der Waals surface area (Å²) in [6.45, 7) is 0.452. The van der Waals surface area contributed by atoms with Crippen molar-refractivity contribution in [2.45, 2.75) is 18.9 Å². The van der Waals surface area contributed by atoms with Gasteiger partial charge in [-0.3, -0.25) is 9.59 Å². The summed E-state index contributed by atoms with van der Waals surface area (Å²) in [7, 11) is 1.54. The van der Waals surface area contributed by atoms with Crippen LogP contribution in [0.4, 0.5) is 11.4 Å². The molecule has 0 saturated carbocycles. The van der Waals surface area contributed by atoms with Gasteiger partial charge in [-0.25, -0.2) is 0 Å². The summed E-state index contributed by atoms with van der Waals surface area (Å²) in [5.74, 6) is 0.566. The van der Waals surface area contributed by atoms with Crippen LogP contribution >= 0.6 is 0 Å². The van der Waals surface area contributed by atoms with Crippen LogP contribution in [0.5, 0.6) is 11.5 Å². The fraction of sp³-hybridized carbons (Fsp3) is 0.300. The van der Waals surface area contributed by atoms with Gasteiger partial charge in [0.25, 0.3) is 11.8 Å². The van der Waals surface area contributed by atoms with Crippen molar-refractivity contribution >= 4 is 23.2 Å². The van der Waals surface area contributed by atoms with E-state index in [0.717, 1.165) is 12.8 Å². The zero-order chi connectivity index (χ0) is 19.1. The van der Waals surface area contributed by atoms with Crippen molar-refractivity contribution in [3.63, 3.8) is 0 Å². The molecule has 0 radical (unpaired) electrons. The molecule has 1 saturated heterocycles. The first-order valence-corrected chi connectivity index (χ1v) is 8.74. The van der Waals surface area contributed by atoms with E-state index in [1.165, 1.54) is 0 Å². The summed E-state index contributed by atoms with van der Waals surface area (Å²) in [5, 5.41) is 5.55. The fourth-order valence-corrected chi connectivity index (χ4v) is 2.76. The number of anilines is 2. The molecule has 1 heterocycles. The van der Waals surface area contributed by atoms with Crippen LogP contribution in [0.3, 0.4) is 0 Å². The number of ether oxygens (including phenoxy) is 3. The number of amides is 2. The molecule has 1 unspecified atom stereocenters. The molecule has 2 N–H and O–H groups in total. The van der Waals surface area contributed by atoms with Gasteiger partial charge < -0.3 is 24.8 Å². The van der Waals surface area contributed by atoms with Crippen LogP contribution in [0.2, 0.25) is 0 Å². The van der Waals surface area contributed by atoms with Gasteiger partial charge in [-0.15, -0.1) is 0 Å². The Morgan fingerprint density at radius 3 is 2.52 bits per heavy atom. The first-order valence-electron chi connectivity index (χ1n) is 8.74. The van der Waals surface area contributed by atoms with Crippen LogP contribution in [-0.4, -0.2) is 38.2 Å². The molecule has 2 amide bonds. The van der Waals surface area contributed by atoms with E-state index in [9.17, 15) is 9.59 Å². The first-order chi connectivity index (χ1) is 13.2. The third kappa shape index (κ3) is 5.21. The maximum Gasteiger partial charge on any atom is 0.262 e. The lowest BCUT2D eigenvalue weighted by atomic mass is 10.2. The third-order valence-electron chi connectivity index (χ3n) is 4.06. The lowest BCUT2D eigenvalue weighted by molar-refractivity contribution is -0.124. The van der Waals surface area contributed by atoms with Gasteiger partial charge in [0, 0.05) is 18.0 Å². The van der Waals surface area contributed by atoms with Crippen LogP contribution in [0.15, 0.2) is 48.5 Å². The van der Waals surface area contributed by atoms with Crippen molar-refractivity contribution in [2.75, 3.05) is 31.0 Å². The number of para-hydroxylation sites is 2. The van der Waals surface area contributed by atoms with Crippen LogP contribution < -0.4 is 20.1 Å². The molecule has 2 aromatic rings. The minimum absolute atomic E-state index is 0.160. The summed E-state index contributed by atoms with van der Waals surface area (Å²) < 4.78 is 16.1. The maximum atomic E-state index is 12.1. The number of hydrogen-bond acceptors (Lipinski definition) is 5. The summed E-state index contributed by atoms with van der Waals surface area (Å²) >= 11 is 0. The van der Waals surface area contributed by atoms with E-state index in [1.54, 1.807) is 49.6 Å². The number of benzene rings is 2. The highest BCUT2D eigenvalue weighted by Crippen LogP contribution is 2.25. The molecule has 1 fully saturated rings. The van der Waals surface area contributed by atoms with Crippen molar-refractivity contribution < 1.29 is 23.8 Å². The van der Waals surface area contributed by atoms with Crippen LogP contribution in [0.1, 0.15) is 12.8 Å². The number of carbonyl (C=O) groups excluding carboxylic acids is 2. The molecule has 1 atom stereocenters. The Balaban J connectivity index is 1.54. The molecule has 1 aliphatic heterocycles. The molecule has 2 aromatic carbocycles. The van der Waals surface area contributed by atoms with E-state index in [-0.39, 0.29) is 18.4 Å². The topological polar surface area (TPSA) is 85.9 Å². The zero-order valence-electron chi connectivity index (χ0n) is 15.1. The lowest BCUT2D eigenvalue weighted by Crippen LogP contribution is -2.27. The molecule has 0 bridgehead atoms. The van der Waals surface area contributed by atoms with E-state index in [0.29, 0.717) is 29.5 Å². The highest BCUT2D eigenvalue weighted by atomic mass is 16.5. The second kappa shape index (κ2) is 9.05. The number of hydrogen-bond donors (Lipinski definition) is 2. The van der Waals surface area contributed by atoms with Crippen LogP contribution in [0, 0.1) is 0 Å². The lowest BCUT2D eigenvalue weighted by Gasteiger charge is -2.12. The second-order valence-electron chi connectivity index (χ2n) is 6.06. The molecular weight excluding hydrogens is 348 g/mol. The van der Waals surface area contributed by atoms with Gasteiger partial charge in [0.2, 0.25) is 0 Å². The maximum absolute atomic E-state index is 12.1. The van der Waals surface area contributed by atoms with Gasteiger partial charge in [0.15, 0.2) is 18.1 Å². The Morgan fingerprint density at radius 2 is 1.81 bits per heavy atom. The largest absolute Gasteiger partial charge is 0.493 e. The van der Waals surface area contributed by atoms with Crippen molar-refractivity contribution in [1.82, 2.24) is 0 Å². The zero-order valence-corrected chi connectivity index (χ0v) is 15.1. The predicted molar refractivity (Wildman–Crippen MR) is 101 cm³/mol. The summed E-state index contributed by atoms with van der Waals surface area (Å²) in [5.41, 5.74) is 1.16. The number of rotatable bonds is 7. The molecule has 7 nitrogen and oxygen atoms in total. The van der Waals surface area contributed by atoms with Crippen LogP contribution in [0.25, 0.3) is 0 Å². The van der Waals surface area contributed by atoms with Crippen molar-refractivity contribution in [3.8, 4) is 11.5 Å². The average molecular weight is 370 g/mol. The van der Waals surface area contributed by atoms with Crippen LogP contribution in [-0.2, 0) is 14.3 Å². The molecule has 7 heteroatoms. The van der Waals surface area contributed by atoms with Gasteiger partial charge in [0.05, 0.1) is 7.11 Å². The Morgan fingerprint density at radius 1 is 1.07 bits per heavy atom. The highest BCUT2D eigenvalue weighted by molar-refractivity contribution is 5.96. The Hall–Kier alpha value is -3.06. The number of nitrogens with one attached hydrogen (secondary N) is 2. The Labute approximate surface area is 157 Å². The van der Waals surface area contributed by atoms with Crippen molar-refractivity contribution in [3.05, 3.63) is 48.5 Å². The predicted octanol–water partition coefficient (Wildman–Crippen LogP) is 2.83. The molecule has 0 aromatic heterocycles. The normalized spacial score (nSPS) is 15.8. The molecular formula is C20H22N2O5. The standard InChI is InChI=1S/C20H22N2O5/c1-25-16-8-2-3-9-17(16)27-13-19(23)21-14-6-4-7-15(12-14)22-20(24)18-10-5-11-26-18/h2-4,6-9,12,18H,5,10-11,13H2,1H3,(H,21,23)(H,22,24). The molecule has 1 aliphatic rings. The molecule has 0 aliphatic carbocycles. The van der Waals surface area contributed by atoms with Gasteiger partial charge >= 0.3 is 0 Å². The summed E-state index contributed by atoms with van der Waals surface area (Å²) in [4.78, 5) is 24.3. The first kappa shape index (κ1) is 18.7. The van der Waals surface area contributed by atoms with E-state index in [1.807, 2.05) is 6.07 Å². The SMILES string of the molecule is COc1ccccc1OCC(=O)Nc1cccc(NC(=O)C2CCCO2)c1. The summed E-state index contributed by atoms with van der Waals surface area (Å²) in [6, 6.07) is 14.0. The second-order valence-corrected chi connectivity index (χ2v) is 6.06. The fourth-order valence-electron chi connectivity index (χ4n) is 2.76. The van der Waals surface area contributed by atoms with Gasteiger partial charge in [-0.05, 0) is 43.2 Å².